The van der Waals surface area contributed by atoms with E-state index in [2.05, 4.69) is 20.5 Å². The lowest BCUT2D eigenvalue weighted by Gasteiger charge is -2.15. The maximum atomic E-state index is 11.8. The standard InChI is InChI=1S/C8H14F3N5O/c1-16-7(4-13-15-16)6(14-12)2-3-17-5-8(9,10)11/h4,6,14H,2-3,5,12H2,1H3. The van der Waals surface area contributed by atoms with Crippen LogP contribution in [0.25, 0.3) is 0 Å². The molecule has 98 valence electrons. The molecule has 1 heterocycles. The number of rotatable bonds is 6. The van der Waals surface area contributed by atoms with Gasteiger partial charge in [0.05, 0.1) is 17.9 Å². The van der Waals surface area contributed by atoms with Crippen molar-refractivity contribution in [3.63, 3.8) is 0 Å². The number of nitrogens with zero attached hydrogens (tertiary/aromatic N) is 3. The Balaban J connectivity index is 2.37. The van der Waals surface area contributed by atoms with E-state index in [1.807, 2.05) is 0 Å². The highest BCUT2D eigenvalue weighted by Gasteiger charge is 2.27. The molecule has 0 aliphatic heterocycles. The average Bonchev–Trinajstić information content (AvgIpc) is 2.63. The first-order chi connectivity index (χ1) is 7.94. The number of aryl methyl sites for hydroxylation is 1. The summed E-state index contributed by atoms with van der Waals surface area (Å²) in [4.78, 5) is 0. The van der Waals surface area contributed by atoms with Crippen LogP contribution in [0.1, 0.15) is 18.2 Å². The summed E-state index contributed by atoms with van der Waals surface area (Å²) in [6.45, 7) is -1.31. The van der Waals surface area contributed by atoms with Crippen LogP contribution in [-0.4, -0.2) is 34.4 Å². The van der Waals surface area contributed by atoms with Crippen LogP contribution >= 0.6 is 0 Å². The number of aromatic nitrogens is 3. The Labute approximate surface area is 95.9 Å². The molecule has 0 aliphatic rings. The van der Waals surface area contributed by atoms with Crippen LogP contribution in [0.3, 0.4) is 0 Å². The number of nitrogens with two attached hydrogens (primary N) is 1. The minimum absolute atomic E-state index is 0.0560. The second-order valence-corrected chi connectivity index (χ2v) is 3.46. The van der Waals surface area contributed by atoms with Gasteiger partial charge in [-0.1, -0.05) is 5.21 Å². The Kier molecular flexibility index (Phi) is 4.85. The summed E-state index contributed by atoms with van der Waals surface area (Å²) in [6, 6.07) is -0.344. The largest absolute Gasteiger partial charge is 0.411 e. The zero-order valence-electron chi connectivity index (χ0n) is 9.24. The Morgan fingerprint density at radius 2 is 2.29 bits per heavy atom. The van der Waals surface area contributed by atoms with Crippen molar-refractivity contribution >= 4 is 0 Å². The van der Waals surface area contributed by atoms with E-state index in [0.717, 1.165) is 0 Å². The average molecular weight is 253 g/mol. The fourth-order valence-corrected chi connectivity index (χ4v) is 1.32. The van der Waals surface area contributed by atoms with Gasteiger partial charge in [-0.15, -0.1) is 5.10 Å². The number of halogens is 3. The summed E-state index contributed by atoms with van der Waals surface area (Å²) >= 11 is 0. The molecule has 1 atom stereocenters. The van der Waals surface area contributed by atoms with Crippen LogP contribution in [0.2, 0.25) is 0 Å². The molecule has 0 fully saturated rings. The maximum absolute atomic E-state index is 11.8. The molecule has 0 spiro atoms. The van der Waals surface area contributed by atoms with E-state index in [4.69, 9.17) is 5.84 Å². The molecule has 1 unspecified atom stereocenters. The minimum atomic E-state index is -4.31. The topological polar surface area (TPSA) is 78.0 Å². The van der Waals surface area contributed by atoms with Gasteiger partial charge in [0.15, 0.2) is 0 Å². The van der Waals surface area contributed by atoms with E-state index in [1.54, 1.807) is 7.05 Å². The molecule has 0 aliphatic carbocycles. The van der Waals surface area contributed by atoms with Gasteiger partial charge in [-0.2, -0.15) is 13.2 Å². The molecule has 0 aromatic carbocycles. The van der Waals surface area contributed by atoms with Gasteiger partial charge in [0.2, 0.25) is 0 Å². The lowest BCUT2D eigenvalue weighted by atomic mass is 10.1. The number of hydrazine groups is 1. The van der Waals surface area contributed by atoms with E-state index in [9.17, 15) is 13.2 Å². The van der Waals surface area contributed by atoms with Gasteiger partial charge in [0.25, 0.3) is 0 Å². The summed E-state index contributed by atoms with van der Waals surface area (Å²) in [6.07, 6.45) is -2.51. The summed E-state index contributed by atoms with van der Waals surface area (Å²) in [7, 11) is 1.67. The highest BCUT2D eigenvalue weighted by atomic mass is 19.4. The molecule has 0 amide bonds. The molecule has 6 nitrogen and oxygen atoms in total. The first-order valence-corrected chi connectivity index (χ1v) is 4.89. The van der Waals surface area contributed by atoms with Crippen molar-refractivity contribution in [1.29, 1.82) is 0 Å². The third-order valence-electron chi connectivity index (χ3n) is 2.12. The highest BCUT2D eigenvalue weighted by Crippen LogP contribution is 2.17. The van der Waals surface area contributed by atoms with E-state index >= 15 is 0 Å². The van der Waals surface area contributed by atoms with Crippen molar-refractivity contribution in [3.8, 4) is 0 Å². The summed E-state index contributed by atoms with van der Waals surface area (Å²) in [5.41, 5.74) is 3.16. The first kappa shape index (κ1) is 13.9. The number of hydrogen-bond acceptors (Lipinski definition) is 5. The molecule has 0 saturated carbocycles. The van der Waals surface area contributed by atoms with E-state index in [-0.39, 0.29) is 12.6 Å². The third kappa shape index (κ3) is 4.67. The van der Waals surface area contributed by atoms with Crippen molar-refractivity contribution in [2.24, 2.45) is 12.9 Å². The lowest BCUT2D eigenvalue weighted by molar-refractivity contribution is -0.174. The number of hydrogen-bond donors (Lipinski definition) is 2. The Morgan fingerprint density at radius 3 is 2.76 bits per heavy atom. The molecule has 0 saturated heterocycles. The van der Waals surface area contributed by atoms with Crippen LogP contribution in [0, 0.1) is 0 Å². The van der Waals surface area contributed by atoms with Gasteiger partial charge in [-0.05, 0) is 6.42 Å². The zero-order chi connectivity index (χ0) is 12.9. The SMILES string of the molecule is Cn1nncc1C(CCOCC(F)(F)F)NN. The Morgan fingerprint density at radius 1 is 1.59 bits per heavy atom. The smallest absolute Gasteiger partial charge is 0.372 e. The highest BCUT2D eigenvalue weighted by molar-refractivity contribution is 5.00. The molecular weight excluding hydrogens is 239 g/mol. The van der Waals surface area contributed by atoms with Crippen LogP contribution < -0.4 is 11.3 Å². The molecule has 3 N–H and O–H groups in total. The minimum Gasteiger partial charge on any atom is -0.372 e. The molecule has 0 bridgehead atoms. The van der Waals surface area contributed by atoms with E-state index in [1.165, 1.54) is 10.9 Å². The summed E-state index contributed by atoms with van der Waals surface area (Å²) in [5.74, 6) is 5.30. The molecule has 17 heavy (non-hydrogen) atoms. The molecule has 1 aromatic rings. The third-order valence-corrected chi connectivity index (χ3v) is 2.12. The molecule has 1 rings (SSSR count). The Bertz CT molecular complexity index is 340. The van der Waals surface area contributed by atoms with Crippen LogP contribution in [0.5, 0.6) is 0 Å². The Hall–Kier alpha value is -1.19. The number of ether oxygens (including phenoxy) is 1. The fourth-order valence-electron chi connectivity index (χ4n) is 1.32. The van der Waals surface area contributed by atoms with Crippen molar-refractivity contribution in [2.75, 3.05) is 13.2 Å². The van der Waals surface area contributed by atoms with Gasteiger partial charge in [0.1, 0.15) is 6.61 Å². The van der Waals surface area contributed by atoms with Gasteiger partial charge >= 0.3 is 6.18 Å². The predicted molar refractivity (Wildman–Crippen MR) is 52.6 cm³/mol. The second kappa shape index (κ2) is 5.94. The van der Waals surface area contributed by atoms with Crippen LogP contribution in [0.15, 0.2) is 6.20 Å². The number of alkyl halides is 3. The van der Waals surface area contributed by atoms with Gasteiger partial charge in [-0.25, -0.2) is 0 Å². The normalized spacial score (nSPS) is 13.9. The van der Waals surface area contributed by atoms with Gasteiger partial charge in [-0.3, -0.25) is 16.0 Å². The quantitative estimate of drug-likeness (QED) is 0.433. The number of nitrogens with one attached hydrogen (secondary N) is 1. The maximum Gasteiger partial charge on any atom is 0.411 e. The van der Waals surface area contributed by atoms with Crippen molar-refractivity contribution in [3.05, 3.63) is 11.9 Å². The molecule has 0 radical (unpaired) electrons. The fraction of sp³-hybridized carbons (Fsp3) is 0.750. The molecular formula is C8H14F3N5O. The second-order valence-electron chi connectivity index (χ2n) is 3.46. The summed E-state index contributed by atoms with van der Waals surface area (Å²) < 4.78 is 41.4. The van der Waals surface area contributed by atoms with Crippen LogP contribution in [0.4, 0.5) is 13.2 Å². The monoisotopic (exact) mass is 253 g/mol. The summed E-state index contributed by atoms with van der Waals surface area (Å²) in [5, 5.41) is 7.36. The predicted octanol–water partition coefficient (Wildman–Crippen LogP) is 0.288. The van der Waals surface area contributed by atoms with Crippen molar-refractivity contribution in [2.45, 2.75) is 18.6 Å². The first-order valence-electron chi connectivity index (χ1n) is 4.89. The van der Waals surface area contributed by atoms with E-state index in [0.29, 0.717) is 12.1 Å². The van der Waals surface area contributed by atoms with Crippen LogP contribution in [-0.2, 0) is 11.8 Å². The van der Waals surface area contributed by atoms with E-state index < -0.39 is 12.8 Å². The lowest BCUT2D eigenvalue weighted by Crippen LogP contribution is -2.31. The van der Waals surface area contributed by atoms with Crippen molar-refractivity contribution in [1.82, 2.24) is 20.4 Å². The van der Waals surface area contributed by atoms with Crippen molar-refractivity contribution < 1.29 is 17.9 Å². The molecule has 9 heteroatoms. The van der Waals surface area contributed by atoms with Gasteiger partial charge in [0, 0.05) is 13.7 Å². The zero-order valence-corrected chi connectivity index (χ0v) is 9.24. The molecule has 1 aromatic heterocycles. The van der Waals surface area contributed by atoms with Gasteiger partial charge < -0.3 is 4.74 Å².